The molecule has 0 aliphatic carbocycles. The Balaban J connectivity index is 0.000000216. The van der Waals surface area contributed by atoms with Crippen LogP contribution in [0.4, 0.5) is 11.4 Å². The van der Waals surface area contributed by atoms with Gasteiger partial charge in [-0.15, -0.1) is 0 Å². The molecule has 38 heavy (non-hydrogen) atoms. The third kappa shape index (κ3) is 8.19. The Labute approximate surface area is 229 Å². The van der Waals surface area contributed by atoms with E-state index in [1.807, 2.05) is 13.8 Å². The molecule has 0 radical (unpaired) electrons. The fourth-order valence-corrected chi connectivity index (χ4v) is 5.55. The summed E-state index contributed by atoms with van der Waals surface area (Å²) in [5.74, 6) is 0. The van der Waals surface area contributed by atoms with E-state index in [-0.39, 0.29) is 5.39 Å². The molecule has 4 aromatic rings. The number of benzene rings is 4. The average molecular weight is 593 g/mol. The molecule has 0 fully saturated rings. The third-order valence-corrected chi connectivity index (χ3v) is 7.31. The topological polar surface area (TPSA) is 171 Å². The van der Waals surface area contributed by atoms with Crippen LogP contribution in [0.1, 0.15) is 11.1 Å². The van der Waals surface area contributed by atoms with Gasteiger partial charge in [-0.3, -0.25) is 0 Å². The molecule has 4 rings (SSSR count). The molecule has 0 aromatic heterocycles. The first-order valence-electron chi connectivity index (χ1n) is 10.3. The lowest BCUT2D eigenvalue weighted by molar-refractivity contribution is 0.448. The number of halogens is 2. The fraction of sp³-hybridized carbons (Fsp3) is 0.0833. The molecule has 14 heteroatoms. The Kier molecular flexibility index (Phi) is 10.3. The molecule has 10 nitrogen and oxygen atoms in total. The largest absolute Gasteiger partial charge is 0.744 e. The molecule has 0 heterocycles. The van der Waals surface area contributed by atoms with Crippen molar-refractivity contribution in [1.29, 1.82) is 10.8 Å². The van der Waals surface area contributed by atoms with Crippen molar-refractivity contribution in [2.24, 2.45) is 0 Å². The molecule has 0 atom stereocenters. The number of nitrogens with zero attached hydrogens (tertiary/aromatic N) is 4. The maximum Gasteiger partial charge on any atom is 0.388 e. The summed E-state index contributed by atoms with van der Waals surface area (Å²) in [6, 6.07) is 18.1. The van der Waals surface area contributed by atoms with Gasteiger partial charge in [-0.25, -0.2) is 16.8 Å². The van der Waals surface area contributed by atoms with Crippen molar-refractivity contribution in [1.82, 2.24) is 0 Å². The summed E-state index contributed by atoms with van der Waals surface area (Å²) in [6.07, 6.45) is 0. The molecule has 0 aliphatic heterocycles. The minimum Gasteiger partial charge on any atom is -0.744 e. The van der Waals surface area contributed by atoms with Crippen molar-refractivity contribution in [2.75, 3.05) is 0 Å². The van der Waals surface area contributed by atoms with Gasteiger partial charge in [0.2, 0.25) is 10.8 Å². The lowest BCUT2D eigenvalue weighted by Gasteiger charge is -2.17. The highest BCUT2D eigenvalue weighted by Crippen LogP contribution is 2.29. The molecule has 0 unspecified atom stereocenters. The first-order chi connectivity index (χ1) is 17.7. The number of rotatable bonds is 2. The molecular formula is C24H18Cl2N4O6S2. The van der Waals surface area contributed by atoms with Crippen LogP contribution in [0, 0.1) is 24.6 Å². The number of diazo groups is 2. The van der Waals surface area contributed by atoms with E-state index in [9.17, 15) is 25.9 Å². The first-order valence-corrected chi connectivity index (χ1v) is 13.9. The molecule has 0 saturated heterocycles. The van der Waals surface area contributed by atoms with Gasteiger partial charge in [0.15, 0.2) is 9.95 Å². The Morgan fingerprint density at radius 3 is 1.55 bits per heavy atom. The number of hydrogen-bond acceptors (Lipinski definition) is 8. The predicted octanol–water partition coefficient (Wildman–Crippen LogP) is 6.91. The second-order valence-corrected chi connectivity index (χ2v) is 11.1. The molecule has 0 aliphatic rings. The van der Waals surface area contributed by atoms with E-state index in [4.69, 9.17) is 34.0 Å². The molecule has 0 amide bonds. The highest BCUT2D eigenvalue weighted by Gasteiger charge is 2.17. The molecule has 0 spiro atoms. The maximum atomic E-state index is 11.2. The maximum absolute atomic E-state index is 11.2. The Morgan fingerprint density at radius 2 is 1.16 bits per heavy atom. The van der Waals surface area contributed by atoms with E-state index in [0.717, 1.165) is 17.2 Å². The van der Waals surface area contributed by atoms with Crippen LogP contribution >= 0.6 is 23.2 Å². The number of hydrogen-bond donors (Lipinski definition) is 0. The molecule has 4 aromatic carbocycles. The molecule has 0 bridgehead atoms. The summed E-state index contributed by atoms with van der Waals surface area (Å²) in [4.78, 5) is 4.10. The van der Waals surface area contributed by atoms with Gasteiger partial charge in [0.1, 0.15) is 20.2 Å². The molecular weight excluding hydrogens is 575 g/mol. The van der Waals surface area contributed by atoms with Gasteiger partial charge in [0.25, 0.3) is 0 Å². The van der Waals surface area contributed by atoms with E-state index in [1.165, 1.54) is 24.3 Å². The fourth-order valence-electron chi connectivity index (χ4n) is 3.14. The van der Waals surface area contributed by atoms with Crippen molar-refractivity contribution in [3.63, 3.8) is 0 Å². The normalized spacial score (nSPS) is 10.7. The minimum atomic E-state index is -5.07. The van der Waals surface area contributed by atoms with E-state index < -0.39 is 30.0 Å². The van der Waals surface area contributed by atoms with Gasteiger partial charge in [-0.05, 0) is 49.6 Å². The van der Waals surface area contributed by atoms with Gasteiger partial charge in [0, 0.05) is 38.7 Å². The summed E-state index contributed by atoms with van der Waals surface area (Å²) in [6.45, 7) is 3.67. The van der Waals surface area contributed by atoms with Crippen molar-refractivity contribution < 1.29 is 25.9 Å². The summed E-state index contributed by atoms with van der Waals surface area (Å²) < 4.78 is 66.4. The summed E-state index contributed by atoms with van der Waals surface area (Å²) >= 11 is 11.3. The zero-order chi connectivity index (χ0) is 28.7. The quantitative estimate of drug-likeness (QED) is 0.178. The van der Waals surface area contributed by atoms with E-state index in [1.54, 1.807) is 42.5 Å². The van der Waals surface area contributed by atoms with Crippen molar-refractivity contribution in [2.45, 2.75) is 23.6 Å². The third-order valence-electron chi connectivity index (χ3n) is 4.90. The molecule has 0 saturated carbocycles. The lowest BCUT2D eigenvalue weighted by Crippen LogP contribution is -2.09. The second-order valence-electron chi connectivity index (χ2n) is 7.58. The number of aryl methyl sites for hydroxylation is 2. The monoisotopic (exact) mass is 592 g/mol. The van der Waals surface area contributed by atoms with Crippen LogP contribution in [0.3, 0.4) is 0 Å². The summed E-state index contributed by atoms with van der Waals surface area (Å²) in [7, 11) is -10.1. The summed E-state index contributed by atoms with van der Waals surface area (Å²) in [5, 5.41) is 18.4. The van der Waals surface area contributed by atoms with Crippen molar-refractivity contribution in [3.05, 3.63) is 104 Å². The zero-order valence-corrected chi connectivity index (χ0v) is 22.9. The Hall–Kier alpha value is -3.62. The highest BCUT2D eigenvalue weighted by molar-refractivity contribution is 7.89. The van der Waals surface area contributed by atoms with Gasteiger partial charge >= 0.3 is 11.4 Å². The molecule has 0 N–H and O–H groups in total. The highest BCUT2D eigenvalue weighted by atomic mass is 35.5. The first kappa shape index (κ1) is 30.6. The summed E-state index contributed by atoms with van der Waals surface area (Å²) in [5.41, 5.74) is 2.86. The standard InChI is InChI=1S/C10H8O6S2.2C7H6ClN2/c11-17(12,13)9-6-5-7-3-1-2-4-8(7)10(9)18(14,15)16;2*1-5-4-6(8)2-3-7(5)10-9/h1-6H,(H,11,12,13)(H,14,15,16);2*2-4H,1H3/q;2*+1/p-2. The van der Waals surface area contributed by atoms with Crippen LogP contribution < -0.4 is 0 Å². The SMILES string of the molecule is Cc1cc(Cl)ccc1[N+]#N.Cc1cc(Cl)ccc1[N+]#N.O=S(=O)([O-])c1ccc2ccccc2c1S(=O)(=O)[O-]. The van der Waals surface area contributed by atoms with Gasteiger partial charge in [-0.1, -0.05) is 53.5 Å². The van der Waals surface area contributed by atoms with Crippen LogP contribution in [0.2, 0.25) is 10.0 Å². The Morgan fingerprint density at radius 1 is 0.684 bits per heavy atom. The minimum absolute atomic E-state index is 0.0792. The van der Waals surface area contributed by atoms with E-state index in [2.05, 4.69) is 9.95 Å². The van der Waals surface area contributed by atoms with E-state index >= 15 is 0 Å². The van der Waals surface area contributed by atoms with Crippen LogP contribution in [-0.4, -0.2) is 25.9 Å². The van der Waals surface area contributed by atoms with E-state index in [0.29, 0.717) is 26.8 Å². The van der Waals surface area contributed by atoms with Gasteiger partial charge in [-0.2, -0.15) is 0 Å². The zero-order valence-electron chi connectivity index (χ0n) is 19.7. The van der Waals surface area contributed by atoms with Crippen molar-refractivity contribution >= 4 is 65.6 Å². The van der Waals surface area contributed by atoms with Crippen LogP contribution in [0.5, 0.6) is 0 Å². The predicted molar refractivity (Wildman–Crippen MR) is 142 cm³/mol. The Bertz CT molecular complexity index is 1740. The lowest BCUT2D eigenvalue weighted by atomic mass is 10.1. The second kappa shape index (κ2) is 12.8. The van der Waals surface area contributed by atoms with Crippen LogP contribution in [-0.2, 0) is 20.2 Å². The van der Waals surface area contributed by atoms with Crippen molar-refractivity contribution in [3.8, 4) is 0 Å². The smallest absolute Gasteiger partial charge is 0.388 e. The van der Waals surface area contributed by atoms with Gasteiger partial charge < -0.3 is 9.11 Å². The van der Waals surface area contributed by atoms with Crippen LogP contribution in [0.25, 0.3) is 20.7 Å². The molecule has 196 valence electrons. The van der Waals surface area contributed by atoms with Gasteiger partial charge in [0.05, 0.1) is 9.79 Å². The number of fused-ring (bicyclic) bond motifs is 1. The average Bonchev–Trinajstić information content (AvgIpc) is 2.83. The van der Waals surface area contributed by atoms with Crippen LogP contribution in [0.15, 0.2) is 82.6 Å².